The summed E-state index contributed by atoms with van der Waals surface area (Å²) in [5, 5.41) is 2.37. The number of imidazole rings is 1. The molecule has 1 aliphatic heterocycles. The SMILES string of the molecule is O=C1NC(=O)C(n2cnc3ccccc32)=C1c1ccccc1. The molecule has 0 aliphatic carbocycles. The van der Waals surface area contributed by atoms with E-state index in [2.05, 4.69) is 10.3 Å². The van der Waals surface area contributed by atoms with Gasteiger partial charge in [-0.25, -0.2) is 4.98 Å². The standard InChI is InChI=1S/C17H11N3O2/c21-16-14(11-6-2-1-3-7-11)15(17(22)19-16)20-10-18-12-8-4-5-9-13(12)20/h1-10H,(H,19,21,22). The van der Waals surface area contributed by atoms with Gasteiger partial charge in [-0.15, -0.1) is 0 Å². The first-order valence-corrected chi connectivity index (χ1v) is 6.83. The maximum absolute atomic E-state index is 12.3. The maximum atomic E-state index is 12.3. The molecule has 22 heavy (non-hydrogen) atoms. The number of imide groups is 1. The van der Waals surface area contributed by atoms with Gasteiger partial charge in [0.2, 0.25) is 0 Å². The molecule has 0 saturated carbocycles. The van der Waals surface area contributed by atoms with Crippen LogP contribution in [0.5, 0.6) is 0 Å². The molecule has 2 heterocycles. The van der Waals surface area contributed by atoms with E-state index in [-0.39, 0.29) is 5.91 Å². The van der Waals surface area contributed by atoms with Crippen molar-refractivity contribution < 1.29 is 9.59 Å². The molecule has 1 aromatic heterocycles. The second kappa shape index (κ2) is 4.66. The molecule has 5 nitrogen and oxygen atoms in total. The summed E-state index contributed by atoms with van der Waals surface area (Å²) in [4.78, 5) is 28.8. The van der Waals surface area contributed by atoms with E-state index in [0.717, 1.165) is 11.0 Å². The van der Waals surface area contributed by atoms with Gasteiger partial charge in [0.25, 0.3) is 11.8 Å². The van der Waals surface area contributed by atoms with Gasteiger partial charge in [0, 0.05) is 0 Å². The predicted octanol–water partition coefficient (Wildman–Crippen LogP) is 2.06. The van der Waals surface area contributed by atoms with Crippen LogP contribution in [0, 0.1) is 0 Å². The lowest BCUT2D eigenvalue weighted by Gasteiger charge is -2.06. The number of hydrogen-bond acceptors (Lipinski definition) is 3. The second-order valence-electron chi connectivity index (χ2n) is 4.98. The predicted molar refractivity (Wildman–Crippen MR) is 82.4 cm³/mol. The van der Waals surface area contributed by atoms with Crippen molar-refractivity contribution in [3.8, 4) is 0 Å². The molecule has 0 bridgehead atoms. The molecule has 0 fully saturated rings. The number of nitrogens with zero attached hydrogens (tertiary/aromatic N) is 2. The molecule has 0 atom stereocenters. The molecule has 106 valence electrons. The Balaban J connectivity index is 2.03. The van der Waals surface area contributed by atoms with Crippen molar-refractivity contribution in [2.24, 2.45) is 0 Å². The largest absolute Gasteiger partial charge is 0.293 e. The quantitative estimate of drug-likeness (QED) is 0.734. The Labute approximate surface area is 125 Å². The van der Waals surface area contributed by atoms with Gasteiger partial charge in [0.1, 0.15) is 12.0 Å². The van der Waals surface area contributed by atoms with E-state index >= 15 is 0 Å². The number of hydrogen-bond donors (Lipinski definition) is 1. The highest BCUT2D eigenvalue weighted by atomic mass is 16.2. The minimum absolute atomic E-state index is 0.310. The Hall–Kier alpha value is -3.21. The minimum atomic E-state index is -0.410. The fraction of sp³-hybridized carbons (Fsp3) is 0. The summed E-state index contributed by atoms with van der Waals surface area (Å²) in [5.74, 6) is -0.795. The van der Waals surface area contributed by atoms with Gasteiger partial charge >= 0.3 is 0 Å². The van der Waals surface area contributed by atoms with Crippen LogP contribution in [0.4, 0.5) is 0 Å². The van der Waals surface area contributed by atoms with Crippen molar-refractivity contribution in [3.63, 3.8) is 0 Å². The number of aromatic nitrogens is 2. The number of fused-ring (bicyclic) bond motifs is 1. The first-order valence-electron chi connectivity index (χ1n) is 6.83. The second-order valence-corrected chi connectivity index (χ2v) is 4.98. The van der Waals surface area contributed by atoms with Gasteiger partial charge < -0.3 is 0 Å². The lowest BCUT2D eigenvalue weighted by molar-refractivity contribution is -0.122. The summed E-state index contributed by atoms with van der Waals surface area (Å²) < 4.78 is 1.66. The average molecular weight is 289 g/mol. The molecular weight excluding hydrogens is 278 g/mol. The molecule has 0 saturated heterocycles. The molecule has 4 rings (SSSR count). The number of carbonyl (C=O) groups is 2. The smallest absolute Gasteiger partial charge is 0.275 e. The molecule has 2 amide bonds. The van der Waals surface area contributed by atoms with Crippen molar-refractivity contribution in [3.05, 3.63) is 66.5 Å². The summed E-state index contributed by atoms with van der Waals surface area (Å²) in [6.45, 7) is 0. The van der Waals surface area contributed by atoms with Crippen molar-refractivity contribution in [2.75, 3.05) is 0 Å². The Morgan fingerprint density at radius 1 is 0.864 bits per heavy atom. The third-order valence-corrected chi connectivity index (χ3v) is 3.66. The minimum Gasteiger partial charge on any atom is -0.293 e. The van der Waals surface area contributed by atoms with Crippen LogP contribution in [-0.2, 0) is 9.59 Å². The van der Waals surface area contributed by atoms with Gasteiger partial charge in [-0.05, 0) is 17.7 Å². The maximum Gasteiger partial charge on any atom is 0.275 e. The molecular formula is C17H11N3O2. The lowest BCUT2D eigenvalue weighted by atomic mass is 10.0. The molecule has 0 unspecified atom stereocenters. The van der Waals surface area contributed by atoms with Gasteiger partial charge in [0.05, 0.1) is 16.6 Å². The van der Waals surface area contributed by atoms with E-state index in [4.69, 9.17) is 0 Å². The normalized spacial score (nSPS) is 14.7. The highest BCUT2D eigenvalue weighted by Crippen LogP contribution is 2.29. The van der Waals surface area contributed by atoms with E-state index in [9.17, 15) is 9.59 Å². The molecule has 1 aliphatic rings. The Morgan fingerprint density at radius 2 is 1.59 bits per heavy atom. The van der Waals surface area contributed by atoms with E-state index in [1.807, 2.05) is 54.6 Å². The molecule has 3 aromatic rings. The summed E-state index contributed by atoms with van der Waals surface area (Å²) >= 11 is 0. The number of amides is 2. The van der Waals surface area contributed by atoms with Crippen LogP contribution in [0.2, 0.25) is 0 Å². The monoisotopic (exact) mass is 289 g/mol. The Kier molecular flexibility index (Phi) is 2.66. The fourth-order valence-electron chi connectivity index (χ4n) is 2.69. The number of carbonyl (C=O) groups excluding carboxylic acids is 2. The van der Waals surface area contributed by atoms with Crippen molar-refractivity contribution >= 4 is 34.1 Å². The van der Waals surface area contributed by atoms with Gasteiger partial charge in [0.15, 0.2) is 0 Å². The van der Waals surface area contributed by atoms with Crippen LogP contribution in [0.25, 0.3) is 22.3 Å². The summed E-state index contributed by atoms with van der Waals surface area (Å²) in [7, 11) is 0. The number of benzene rings is 2. The van der Waals surface area contributed by atoms with Gasteiger partial charge in [-0.3, -0.25) is 19.5 Å². The third kappa shape index (κ3) is 1.76. The molecule has 5 heteroatoms. The van der Waals surface area contributed by atoms with Crippen molar-refractivity contribution in [1.82, 2.24) is 14.9 Å². The lowest BCUT2D eigenvalue weighted by Crippen LogP contribution is -2.23. The van der Waals surface area contributed by atoms with E-state index < -0.39 is 5.91 Å². The zero-order chi connectivity index (χ0) is 15.1. The van der Waals surface area contributed by atoms with E-state index in [0.29, 0.717) is 16.8 Å². The zero-order valence-corrected chi connectivity index (χ0v) is 11.5. The van der Waals surface area contributed by atoms with Crippen LogP contribution in [0.15, 0.2) is 60.9 Å². The molecule has 2 aromatic carbocycles. The highest BCUT2D eigenvalue weighted by molar-refractivity contribution is 6.46. The highest BCUT2D eigenvalue weighted by Gasteiger charge is 2.33. The van der Waals surface area contributed by atoms with Crippen LogP contribution < -0.4 is 5.32 Å². The van der Waals surface area contributed by atoms with Crippen LogP contribution in [-0.4, -0.2) is 21.4 Å². The van der Waals surface area contributed by atoms with Crippen molar-refractivity contribution in [2.45, 2.75) is 0 Å². The summed E-state index contributed by atoms with van der Waals surface area (Å²) in [6.07, 6.45) is 1.57. The Bertz CT molecular complexity index is 939. The first kappa shape index (κ1) is 12.5. The average Bonchev–Trinajstić information content (AvgIpc) is 3.08. The fourth-order valence-corrected chi connectivity index (χ4v) is 2.69. The van der Waals surface area contributed by atoms with Gasteiger partial charge in [-0.2, -0.15) is 0 Å². The van der Waals surface area contributed by atoms with Crippen molar-refractivity contribution in [1.29, 1.82) is 0 Å². The number of para-hydroxylation sites is 2. The Morgan fingerprint density at radius 3 is 2.41 bits per heavy atom. The zero-order valence-electron chi connectivity index (χ0n) is 11.5. The summed E-state index contributed by atoms with van der Waals surface area (Å²) in [6, 6.07) is 16.6. The van der Waals surface area contributed by atoms with Crippen LogP contribution in [0.3, 0.4) is 0 Å². The molecule has 0 radical (unpaired) electrons. The van der Waals surface area contributed by atoms with E-state index in [1.54, 1.807) is 10.9 Å². The topological polar surface area (TPSA) is 64.0 Å². The van der Waals surface area contributed by atoms with Crippen LogP contribution in [0.1, 0.15) is 5.56 Å². The number of rotatable bonds is 2. The molecule has 1 N–H and O–H groups in total. The third-order valence-electron chi connectivity index (χ3n) is 3.66. The summed E-state index contributed by atoms with van der Waals surface area (Å²) in [5.41, 5.74) is 2.95. The van der Waals surface area contributed by atoms with Gasteiger partial charge in [-0.1, -0.05) is 42.5 Å². The van der Waals surface area contributed by atoms with E-state index in [1.165, 1.54) is 0 Å². The van der Waals surface area contributed by atoms with Crippen LogP contribution >= 0.6 is 0 Å². The molecule has 0 spiro atoms. The number of nitrogens with one attached hydrogen (secondary N) is 1. The first-order chi connectivity index (χ1) is 10.8.